The minimum absolute atomic E-state index is 0.0429. The second-order valence-corrected chi connectivity index (χ2v) is 4.90. The molecule has 1 rings (SSSR count). The molecule has 0 aliphatic carbocycles. The van der Waals surface area contributed by atoms with Crippen molar-refractivity contribution in [3.8, 4) is 0 Å². The van der Waals surface area contributed by atoms with Crippen molar-refractivity contribution in [2.45, 2.75) is 19.3 Å². The molecule has 19 heavy (non-hydrogen) atoms. The van der Waals surface area contributed by atoms with Gasteiger partial charge in [0.05, 0.1) is 0 Å². The van der Waals surface area contributed by atoms with Gasteiger partial charge in [0.2, 0.25) is 0 Å². The molecule has 0 amide bonds. The van der Waals surface area contributed by atoms with Crippen molar-refractivity contribution in [2.75, 3.05) is 6.73 Å². The van der Waals surface area contributed by atoms with Crippen molar-refractivity contribution < 1.29 is 14.3 Å². The van der Waals surface area contributed by atoms with E-state index in [-0.39, 0.29) is 12.5 Å². The Bertz CT molecular complexity index is 485. The summed E-state index contributed by atoms with van der Waals surface area (Å²) in [7, 11) is 0. The summed E-state index contributed by atoms with van der Waals surface area (Å²) in [5, 5.41) is 0. The molecule has 1 aromatic carbocycles. The Morgan fingerprint density at radius 1 is 1.32 bits per heavy atom. The highest BCUT2D eigenvalue weighted by atomic mass is 79.9. The molecule has 102 valence electrons. The van der Waals surface area contributed by atoms with Crippen LogP contribution >= 0.6 is 15.9 Å². The molecule has 0 atom stereocenters. The standard InChI is InChI=1S/C14H16BrNO3/c1-10(14(18)19-9-16)4-2-7-13(17)11-5-3-6-12(15)8-11/h3,5-6,8H,1-2,4,7,9,16H2. The van der Waals surface area contributed by atoms with Gasteiger partial charge in [-0.05, 0) is 25.0 Å². The third kappa shape index (κ3) is 5.36. The Kier molecular flexibility index (Phi) is 6.45. The average molecular weight is 326 g/mol. The quantitative estimate of drug-likeness (QED) is 0.362. The van der Waals surface area contributed by atoms with E-state index in [0.29, 0.717) is 30.4 Å². The number of nitrogens with two attached hydrogens (primary N) is 1. The molecule has 2 N–H and O–H groups in total. The smallest absolute Gasteiger partial charge is 0.334 e. The number of carbonyl (C=O) groups excluding carboxylic acids is 2. The van der Waals surface area contributed by atoms with Gasteiger partial charge in [0.1, 0.15) is 6.73 Å². The third-order valence-electron chi connectivity index (χ3n) is 2.53. The van der Waals surface area contributed by atoms with E-state index in [1.807, 2.05) is 12.1 Å². The molecule has 0 aliphatic rings. The van der Waals surface area contributed by atoms with Gasteiger partial charge in [-0.1, -0.05) is 34.6 Å². The number of ketones is 1. The molecule has 0 saturated heterocycles. The fourth-order valence-electron chi connectivity index (χ4n) is 1.55. The van der Waals surface area contributed by atoms with Crippen LogP contribution in [0, 0.1) is 0 Å². The Morgan fingerprint density at radius 2 is 2.05 bits per heavy atom. The Morgan fingerprint density at radius 3 is 2.68 bits per heavy atom. The topological polar surface area (TPSA) is 69.4 Å². The zero-order valence-corrected chi connectivity index (χ0v) is 12.1. The summed E-state index contributed by atoms with van der Waals surface area (Å²) in [4.78, 5) is 23.1. The van der Waals surface area contributed by atoms with Crippen molar-refractivity contribution in [1.29, 1.82) is 0 Å². The molecule has 0 heterocycles. The van der Waals surface area contributed by atoms with E-state index in [0.717, 1.165) is 4.47 Å². The Labute approximate surface area is 120 Å². The molecular formula is C14H16BrNO3. The van der Waals surface area contributed by atoms with Crippen LogP contribution in [0.25, 0.3) is 0 Å². The number of ether oxygens (including phenoxy) is 1. The summed E-state index contributed by atoms with van der Waals surface area (Å²) < 4.78 is 5.48. The molecule has 0 saturated carbocycles. The lowest BCUT2D eigenvalue weighted by Crippen LogP contribution is -2.13. The number of hydrogen-bond donors (Lipinski definition) is 1. The van der Waals surface area contributed by atoms with Gasteiger partial charge >= 0.3 is 5.97 Å². The predicted molar refractivity (Wildman–Crippen MR) is 76.6 cm³/mol. The zero-order chi connectivity index (χ0) is 14.3. The van der Waals surface area contributed by atoms with Crippen LogP contribution in [0.15, 0.2) is 40.9 Å². The Hall–Kier alpha value is -1.46. The van der Waals surface area contributed by atoms with Crippen LogP contribution in [0.5, 0.6) is 0 Å². The van der Waals surface area contributed by atoms with Crippen molar-refractivity contribution in [3.63, 3.8) is 0 Å². The summed E-state index contributed by atoms with van der Waals surface area (Å²) >= 11 is 3.32. The first-order valence-electron chi connectivity index (χ1n) is 5.88. The predicted octanol–water partition coefficient (Wildman–Crippen LogP) is 2.82. The number of carbonyl (C=O) groups is 2. The molecule has 0 aliphatic heterocycles. The maximum Gasteiger partial charge on any atom is 0.334 e. The molecule has 0 radical (unpaired) electrons. The second-order valence-electron chi connectivity index (χ2n) is 3.99. The van der Waals surface area contributed by atoms with Gasteiger partial charge in [0, 0.05) is 22.0 Å². The number of hydrogen-bond acceptors (Lipinski definition) is 4. The first-order valence-corrected chi connectivity index (χ1v) is 6.67. The molecule has 0 unspecified atom stereocenters. The number of rotatable bonds is 7. The largest absolute Gasteiger partial charge is 0.447 e. The van der Waals surface area contributed by atoms with E-state index >= 15 is 0 Å². The molecule has 0 bridgehead atoms. The molecule has 4 nitrogen and oxygen atoms in total. The molecule has 0 aromatic heterocycles. The van der Waals surface area contributed by atoms with E-state index in [4.69, 9.17) is 5.73 Å². The summed E-state index contributed by atoms with van der Waals surface area (Å²) in [5.41, 5.74) is 6.09. The lowest BCUT2D eigenvalue weighted by molar-refractivity contribution is -0.138. The van der Waals surface area contributed by atoms with E-state index in [2.05, 4.69) is 27.2 Å². The monoisotopic (exact) mass is 325 g/mol. The van der Waals surface area contributed by atoms with Crippen molar-refractivity contribution in [1.82, 2.24) is 0 Å². The van der Waals surface area contributed by atoms with Gasteiger partial charge in [-0.15, -0.1) is 0 Å². The molecule has 1 aromatic rings. The van der Waals surface area contributed by atoms with E-state index in [1.165, 1.54) is 0 Å². The first-order chi connectivity index (χ1) is 9.04. The fraction of sp³-hybridized carbons (Fsp3) is 0.286. The zero-order valence-electron chi connectivity index (χ0n) is 10.5. The molecule has 5 heteroatoms. The molecular weight excluding hydrogens is 310 g/mol. The van der Waals surface area contributed by atoms with Crippen molar-refractivity contribution in [2.24, 2.45) is 5.73 Å². The van der Waals surface area contributed by atoms with Crippen LogP contribution < -0.4 is 5.73 Å². The first kappa shape index (κ1) is 15.6. The van der Waals surface area contributed by atoms with E-state index < -0.39 is 5.97 Å². The van der Waals surface area contributed by atoms with Crippen LogP contribution in [-0.4, -0.2) is 18.5 Å². The van der Waals surface area contributed by atoms with Crippen LogP contribution in [0.3, 0.4) is 0 Å². The van der Waals surface area contributed by atoms with Crippen LogP contribution in [0.4, 0.5) is 0 Å². The highest BCUT2D eigenvalue weighted by Crippen LogP contribution is 2.15. The minimum Gasteiger partial charge on any atom is -0.447 e. The highest BCUT2D eigenvalue weighted by Gasteiger charge is 2.10. The van der Waals surface area contributed by atoms with Gasteiger partial charge in [0.25, 0.3) is 0 Å². The van der Waals surface area contributed by atoms with Crippen molar-refractivity contribution >= 4 is 27.7 Å². The molecule has 0 fully saturated rings. The summed E-state index contributed by atoms with van der Waals surface area (Å²) in [6.45, 7) is 3.45. The maximum atomic E-state index is 11.9. The summed E-state index contributed by atoms with van der Waals surface area (Å²) in [6.07, 6.45) is 1.35. The van der Waals surface area contributed by atoms with Crippen LogP contribution in [0.2, 0.25) is 0 Å². The minimum atomic E-state index is -0.502. The maximum absolute atomic E-state index is 11.9. The lowest BCUT2D eigenvalue weighted by atomic mass is 10.0. The van der Waals surface area contributed by atoms with E-state index in [1.54, 1.807) is 12.1 Å². The normalized spacial score (nSPS) is 10.0. The van der Waals surface area contributed by atoms with Gasteiger partial charge < -0.3 is 4.74 Å². The Balaban J connectivity index is 2.39. The van der Waals surface area contributed by atoms with Crippen LogP contribution in [0.1, 0.15) is 29.6 Å². The summed E-state index contributed by atoms with van der Waals surface area (Å²) in [6, 6.07) is 7.22. The second kappa shape index (κ2) is 7.86. The lowest BCUT2D eigenvalue weighted by Gasteiger charge is -2.05. The summed E-state index contributed by atoms with van der Waals surface area (Å²) in [5.74, 6) is -0.460. The number of esters is 1. The van der Waals surface area contributed by atoms with Gasteiger partial charge in [0.15, 0.2) is 5.78 Å². The van der Waals surface area contributed by atoms with Gasteiger partial charge in [-0.25, -0.2) is 4.79 Å². The number of benzene rings is 1. The number of Topliss-reactive ketones (excluding diaryl/α,β-unsaturated/α-hetero) is 1. The fourth-order valence-corrected chi connectivity index (χ4v) is 1.95. The SMILES string of the molecule is C=C(CCCC(=O)c1cccc(Br)c1)C(=O)OCN. The van der Waals surface area contributed by atoms with Crippen LogP contribution in [-0.2, 0) is 9.53 Å². The number of halogens is 1. The van der Waals surface area contributed by atoms with Gasteiger partial charge in [-0.2, -0.15) is 0 Å². The van der Waals surface area contributed by atoms with Crippen molar-refractivity contribution in [3.05, 3.63) is 46.5 Å². The van der Waals surface area contributed by atoms with Gasteiger partial charge in [-0.3, -0.25) is 10.5 Å². The highest BCUT2D eigenvalue weighted by molar-refractivity contribution is 9.10. The average Bonchev–Trinajstić information content (AvgIpc) is 2.38. The third-order valence-corrected chi connectivity index (χ3v) is 3.03. The molecule has 0 spiro atoms. The van der Waals surface area contributed by atoms with E-state index in [9.17, 15) is 9.59 Å².